The van der Waals surface area contributed by atoms with Crippen molar-refractivity contribution in [3.63, 3.8) is 0 Å². The summed E-state index contributed by atoms with van der Waals surface area (Å²) in [5.74, 6) is -11.6. The summed E-state index contributed by atoms with van der Waals surface area (Å²) in [6.07, 6.45) is -7.49. The van der Waals surface area contributed by atoms with Crippen molar-refractivity contribution >= 4 is 0 Å². The second-order valence-electron chi connectivity index (χ2n) is 4.17. The quantitative estimate of drug-likeness (QED) is 0.708. The summed E-state index contributed by atoms with van der Waals surface area (Å²) >= 11 is 0. The number of hydrogen-bond acceptors (Lipinski definition) is 0. The number of benzene rings is 1. The molecule has 0 saturated carbocycles. The highest BCUT2D eigenvalue weighted by Gasteiger charge is 2.73. The van der Waals surface area contributed by atoms with Crippen molar-refractivity contribution in [3.8, 4) is 0 Å². The third-order valence-corrected chi connectivity index (χ3v) is 2.77. The molecule has 0 aliphatic carbocycles. The van der Waals surface area contributed by atoms with Crippen molar-refractivity contribution in [2.45, 2.75) is 37.5 Å². The van der Waals surface area contributed by atoms with E-state index in [1.165, 1.54) is 6.92 Å². The van der Waals surface area contributed by atoms with Crippen LogP contribution in [-0.4, -0.2) is 12.1 Å². The molecule has 1 aromatic rings. The summed E-state index contributed by atoms with van der Waals surface area (Å²) in [4.78, 5) is 0. The molecule has 0 aromatic heterocycles. The number of halogens is 7. The molecule has 8 heteroatoms. The summed E-state index contributed by atoms with van der Waals surface area (Å²) in [6.45, 7) is 1.53. The van der Waals surface area contributed by atoms with Gasteiger partial charge in [-0.2, -0.15) is 30.7 Å². The van der Waals surface area contributed by atoms with Gasteiger partial charge in [-0.05, 0) is 12.0 Å². The molecule has 0 heterocycles. The molecule has 1 radical (unpaired) electrons. The van der Waals surface area contributed by atoms with Crippen molar-refractivity contribution in [1.82, 2.24) is 0 Å². The van der Waals surface area contributed by atoms with Crippen LogP contribution in [0.4, 0.5) is 30.7 Å². The van der Waals surface area contributed by atoms with Gasteiger partial charge in [0.05, 0.1) is 0 Å². The maximum Gasteiger partial charge on any atom is 0.460 e. The van der Waals surface area contributed by atoms with Gasteiger partial charge in [-0.1, -0.05) is 31.2 Å². The predicted molar refractivity (Wildman–Crippen MR) is 55.1 cm³/mol. The standard InChI is InChI=1S/C12H10F7O/c1-2-9(20)7-3-5-8(6-4-7)10(13,14)11(15,16)12(17,18)19/h3-6,9H,2H2,1H3. The minimum Gasteiger partial charge on any atom is -0.228 e. The van der Waals surface area contributed by atoms with E-state index in [0.717, 1.165) is 12.1 Å². The molecule has 0 aliphatic rings. The van der Waals surface area contributed by atoms with Crippen LogP contribution in [0.15, 0.2) is 24.3 Å². The fourth-order valence-corrected chi connectivity index (χ4v) is 1.50. The SMILES string of the molecule is CCC([O])c1ccc(C(F)(F)C(F)(F)C(F)(F)F)cc1. The minimum absolute atomic E-state index is 0.0439. The fraction of sp³-hybridized carbons (Fsp3) is 0.500. The highest BCUT2D eigenvalue weighted by atomic mass is 19.4. The van der Waals surface area contributed by atoms with Crippen molar-refractivity contribution in [2.75, 3.05) is 0 Å². The molecule has 0 N–H and O–H groups in total. The zero-order chi connectivity index (χ0) is 15.8. The van der Waals surface area contributed by atoms with Gasteiger partial charge < -0.3 is 0 Å². The van der Waals surface area contributed by atoms with E-state index in [9.17, 15) is 35.8 Å². The van der Waals surface area contributed by atoms with Gasteiger partial charge >= 0.3 is 18.0 Å². The second kappa shape index (κ2) is 5.23. The molecule has 1 atom stereocenters. The molecule has 0 spiro atoms. The molecule has 1 nitrogen and oxygen atoms in total. The van der Waals surface area contributed by atoms with E-state index in [2.05, 4.69) is 0 Å². The average molecular weight is 303 g/mol. The Bertz CT molecular complexity index is 450. The number of rotatable bonds is 4. The van der Waals surface area contributed by atoms with Gasteiger partial charge in [0.25, 0.3) is 0 Å². The molecular formula is C12H10F7O. The third kappa shape index (κ3) is 2.74. The summed E-state index contributed by atoms with van der Waals surface area (Å²) in [7, 11) is 0. The smallest absolute Gasteiger partial charge is 0.228 e. The van der Waals surface area contributed by atoms with Crippen molar-refractivity contribution in [3.05, 3.63) is 35.4 Å². The number of alkyl halides is 7. The van der Waals surface area contributed by atoms with Crippen LogP contribution in [0.25, 0.3) is 0 Å². The van der Waals surface area contributed by atoms with E-state index in [0.29, 0.717) is 12.1 Å². The molecule has 113 valence electrons. The van der Waals surface area contributed by atoms with E-state index in [4.69, 9.17) is 0 Å². The van der Waals surface area contributed by atoms with Crippen molar-refractivity contribution in [2.24, 2.45) is 0 Å². The zero-order valence-corrected chi connectivity index (χ0v) is 10.1. The molecule has 0 bridgehead atoms. The Morgan fingerprint density at radius 3 is 1.75 bits per heavy atom. The van der Waals surface area contributed by atoms with Gasteiger partial charge in [-0.15, -0.1) is 0 Å². The molecule has 0 aliphatic heterocycles. The highest BCUT2D eigenvalue weighted by molar-refractivity contribution is 5.29. The monoisotopic (exact) mass is 303 g/mol. The van der Waals surface area contributed by atoms with Crippen LogP contribution in [0.5, 0.6) is 0 Å². The Hall–Kier alpha value is -1.31. The maximum atomic E-state index is 13.3. The third-order valence-electron chi connectivity index (χ3n) is 2.77. The van der Waals surface area contributed by atoms with Crippen LogP contribution in [0.3, 0.4) is 0 Å². The molecule has 0 amide bonds. The lowest BCUT2D eigenvalue weighted by atomic mass is 9.98. The van der Waals surface area contributed by atoms with Gasteiger partial charge in [-0.25, -0.2) is 5.11 Å². The van der Waals surface area contributed by atoms with Crippen LogP contribution in [-0.2, 0) is 11.0 Å². The van der Waals surface area contributed by atoms with E-state index < -0.39 is 29.7 Å². The van der Waals surface area contributed by atoms with Gasteiger partial charge in [0.15, 0.2) is 0 Å². The number of hydrogen-bond donors (Lipinski definition) is 0. The van der Waals surface area contributed by atoms with Crippen molar-refractivity contribution in [1.29, 1.82) is 0 Å². The van der Waals surface area contributed by atoms with E-state index >= 15 is 0 Å². The van der Waals surface area contributed by atoms with Crippen LogP contribution >= 0.6 is 0 Å². The summed E-state index contributed by atoms with van der Waals surface area (Å²) in [6, 6.07) is 2.48. The van der Waals surface area contributed by atoms with Gasteiger partial charge in [0.2, 0.25) is 0 Å². The largest absolute Gasteiger partial charge is 0.460 e. The predicted octanol–water partition coefficient (Wildman–Crippen LogP) is 4.86. The summed E-state index contributed by atoms with van der Waals surface area (Å²) < 4.78 is 88.1. The fourth-order valence-electron chi connectivity index (χ4n) is 1.50. The lowest BCUT2D eigenvalue weighted by Gasteiger charge is -2.28. The molecule has 0 fully saturated rings. The van der Waals surface area contributed by atoms with Crippen LogP contribution in [0, 0.1) is 0 Å². The van der Waals surface area contributed by atoms with Crippen LogP contribution in [0.2, 0.25) is 0 Å². The second-order valence-corrected chi connectivity index (χ2v) is 4.17. The first-order valence-corrected chi connectivity index (χ1v) is 5.53. The Morgan fingerprint density at radius 2 is 1.40 bits per heavy atom. The minimum atomic E-state index is -6.38. The zero-order valence-electron chi connectivity index (χ0n) is 10.1. The summed E-state index contributed by atoms with van der Waals surface area (Å²) in [5.41, 5.74) is -1.45. The van der Waals surface area contributed by atoms with Crippen LogP contribution in [0.1, 0.15) is 30.6 Å². The van der Waals surface area contributed by atoms with Gasteiger partial charge in [-0.3, -0.25) is 0 Å². The topological polar surface area (TPSA) is 19.9 Å². The van der Waals surface area contributed by atoms with Gasteiger partial charge in [0.1, 0.15) is 6.10 Å². The molecule has 0 saturated heterocycles. The first-order valence-electron chi connectivity index (χ1n) is 5.53. The highest BCUT2D eigenvalue weighted by Crippen LogP contribution is 2.51. The van der Waals surface area contributed by atoms with Crippen LogP contribution < -0.4 is 0 Å². The molecule has 1 aromatic carbocycles. The van der Waals surface area contributed by atoms with E-state index in [-0.39, 0.29) is 12.0 Å². The van der Waals surface area contributed by atoms with E-state index in [1.54, 1.807) is 0 Å². The molecule has 1 rings (SSSR count). The molecular weight excluding hydrogens is 293 g/mol. The first kappa shape index (κ1) is 16.7. The first-order chi connectivity index (χ1) is 8.95. The molecule has 1 unspecified atom stereocenters. The van der Waals surface area contributed by atoms with E-state index in [1.807, 2.05) is 0 Å². The maximum absolute atomic E-state index is 13.3. The lowest BCUT2D eigenvalue weighted by Crippen LogP contribution is -2.50. The average Bonchev–Trinajstić information content (AvgIpc) is 2.36. The summed E-state index contributed by atoms with van der Waals surface area (Å²) in [5, 5.41) is 11.3. The Kier molecular flexibility index (Phi) is 4.38. The normalized spacial score (nSPS) is 15.2. The Morgan fingerprint density at radius 1 is 0.950 bits per heavy atom. The molecule has 20 heavy (non-hydrogen) atoms. The Balaban J connectivity index is 3.17. The van der Waals surface area contributed by atoms with Gasteiger partial charge in [0, 0.05) is 5.56 Å². The lowest BCUT2D eigenvalue weighted by molar-refractivity contribution is -0.359. The Labute approximate surface area is 110 Å². The van der Waals surface area contributed by atoms with Crippen molar-refractivity contribution < 1.29 is 35.8 Å².